The average Bonchev–Trinajstić information content (AvgIpc) is 2.62. The highest BCUT2D eigenvalue weighted by atomic mass is 79.9. The highest BCUT2D eigenvalue weighted by molar-refractivity contribution is 9.10. The molecule has 2 aromatic carbocycles. The van der Waals surface area contributed by atoms with Gasteiger partial charge in [-0.05, 0) is 70.7 Å². The van der Waals surface area contributed by atoms with Crippen LogP contribution in [0.5, 0.6) is 11.5 Å². The van der Waals surface area contributed by atoms with Crippen molar-refractivity contribution in [2.75, 3.05) is 20.3 Å². The molecule has 1 N–H and O–H groups in total. The van der Waals surface area contributed by atoms with Gasteiger partial charge in [-0.3, -0.25) is 0 Å². The number of nitrogens with one attached hydrogen (secondary N) is 1. The van der Waals surface area contributed by atoms with Gasteiger partial charge in [0.1, 0.15) is 11.5 Å². The number of ether oxygens (including phenoxy) is 2. The van der Waals surface area contributed by atoms with Crippen molar-refractivity contribution in [3.05, 3.63) is 52.5 Å². The number of sulfonamides is 1. The molecule has 0 bridgehead atoms. The van der Waals surface area contributed by atoms with Crippen LogP contribution in [-0.2, 0) is 16.4 Å². The van der Waals surface area contributed by atoms with Crippen molar-refractivity contribution in [3.63, 3.8) is 0 Å². The fraction of sp³-hybridized carbons (Fsp3) is 0.368. The van der Waals surface area contributed by atoms with E-state index in [1.165, 1.54) is 0 Å². The van der Waals surface area contributed by atoms with Crippen LogP contribution in [0.1, 0.15) is 25.3 Å². The molecule has 0 aliphatic rings. The second kappa shape index (κ2) is 9.94. The summed E-state index contributed by atoms with van der Waals surface area (Å²) in [7, 11) is -1.93. The van der Waals surface area contributed by atoms with Crippen LogP contribution < -0.4 is 14.2 Å². The molecule has 26 heavy (non-hydrogen) atoms. The zero-order valence-corrected chi connectivity index (χ0v) is 17.4. The molecule has 0 radical (unpaired) electrons. The maximum Gasteiger partial charge on any atom is 0.240 e. The Morgan fingerprint density at radius 1 is 1.12 bits per heavy atom. The Hall–Kier alpha value is -1.57. The van der Waals surface area contributed by atoms with Gasteiger partial charge in [0, 0.05) is 6.54 Å². The van der Waals surface area contributed by atoms with Gasteiger partial charge >= 0.3 is 0 Å². The van der Waals surface area contributed by atoms with E-state index in [1.54, 1.807) is 31.4 Å². The van der Waals surface area contributed by atoms with E-state index < -0.39 is 10.0 Å². The number of hydrogen-bond donors (Lipinski definition) is 1. The first-order chi connectivity index (χ1) is 12.5. The van der Waals surface area contributed by atoms with E-state index in [9.17, 15) is 8.42 Å². The van der Waals surface area contributed by atoms with Gasteiger partial charge in [-0.15, -0.1) is 0 Å². The summed E-state index contributed by atoms with van der Waals surface area (Å²) in [5.41, 5.74) is 1.01. The molecule has 0 saturated carbocycles. The van der Waals surface area contributed by atoms with Gasteiger partial charge in [-0.1, -0.05) is 19.4 Å². The van der Waals surface area contributed by atoms with Gasteiger partial charge in [0.2, 0.25) is 10.0 Å². The van der Waals surface area contributed by atoms with E-state index in [1.807, 2.05) is 18.2 Å². The minimum absolute atomic E-state index is 0.233. The van der Waals surface area contributed by atoms with E-state index in [2.05, 4.69) is 27.6 Å². The molecule has 0 fully saturated rings. The Morgan fingerprint density at radius 3 is 2.46 bits per heavy atom. The first-order valence-electron chi connectivity index (χ1n) is 8.51. The largest absolute Gasteiger partial charge is 0.496 e. The van der Waals surface area contributed by atoms with Gasteiger partial charge in [-0.2, -0.15) is 0 Å². The van der Waals surface area contributed by atoms with Crippen LogP contribution in [0, 0.1) is 0 Å². The van der Waals surface area contributed by atoms with Gasteiger partial charge in [0.15, 0.2) is 0 Å². The predicted molar refractivity (Wildman–Crippen MR) is 106 cm³/mol. The topological polar surface area (TPSA) is 64.6 Å². The average molecular weight is 442 g/mol. The molecule has 0 atom stereocenters. The van der Waals surface area contributed by atoms with E-state index >= 15 is 0 Å². The Bertz CT molecular complexity index is 807. The third kappa shape index (κ3) is 6.00. The molecule has 0 saturated heterocycles. The van der Waals surface area contributed by atoms with Crippen molar-refractivity contribution in [3.8, 4) is 11.5 Å². The fourth-order valence-corrected chi connectivity index (χ4v) is 3.95. The number of rotatable bonds is 10. The summed E-state index contributed by atoms with van der Waals surface area (Å²) in [5.74, 6) is 1.43. The summed E-state index contributed by atoms with van der Waals surface area (Å²) in [6.45, 7) is 3.05. The minimum atomic E-state index is -3.54. The lowest BCUT2D eigenvalue weighted by molar-refractivity contribution is 0.309. The molecule has 5 nitrogen and oxygen atoms in total. The number of methoxy groups -OCH3 is 1. The molecule has 2 aromatic rings. The zero-order chi connectivity index (χ0) is 19.0. The Kier molecular flexibility index (Phi) is 7.93. The van der Waals surface area contributed by atoms with Crippen LogP contribution in [0.4, 0.5) is 0 Å². The highest BCUT2D eigenvalue weighted by Crippen LogP contribution is 2.25. The zero-order valence-electron chi connectivity index (χ0n) is 15.0. The number of unbranched alkanes of at least 4 members (excludes halogenated alkanes) is 1. The molecule has 2 rings (SSSR count). The lowest BCUT2D eigenvalue weighted by atomic mass is 10.1. The van der Waals surface area contributed by atoms with Crippen LogP contribution in [0.3, 0.4) is 0 Å². The summed E-state index contributed by atoms with van der Waals surface area (Å²) in [6.07, 6.45) is 2.62. The monoisotopic (exact) mass is 441 g/mol. The quantitative estimate of drug-likeness (QED) is 0.562. The maximum absolute atomic E-state index is 12.4. The maximum atomic E-state index is 12.4. The lowest BCUT2D eigenvalue weighted by Gasteiger charge is -2.10. The molecule has 0 aromatic heterocycles. The van der Waals surface area contributed by atoms with Crippen LogP contribution in [0.15, 0.2) is 51.8 Å². The number of benzene rings is 2. The SMILES string of the molecule is CCCCOc1ccc(S(=O)(=O)NCCc2ccc(OC)c(Br)c2)cc1. The molecule has 0 amide bonds. The molecule has 0 spiro atoms. The van der Waals surface area contributed by atoms with Crippen molar-refractivity contribution in [1.82, 2.24) is 4.72 Å². The van der Waals surface area contributed by atoms with E-state index in [0.29, 0.717) is 25.3 Å². The lowest BCUT2D eigenvalue weighted by Crippen LogP contribution is -2.26. The molecular formula is C19H24BrNO4S. The molecular weight excluding hydrogens is 418 g/mol. The van der Waals surface area contributed by atoms with Crippen molar-refractivity contribution in [2.24, 2.45) is 0 Å². The van der Waals surface area contributed by atoms with Crippen LogP contribution in [-0.4, -0.2) is 28.7 Å². The third-order valence-corrected chi connectivity index (χ3v) is 5.92. The van der Waals surface area contributed by atoms with Crippen molar-refractivity contribution in [2.45, 2.75) is 31.1 Å². The van der Waals surface area contributed by atoms with Gasteiger partial charge < -0.3 is 9.47 Å². The van der Waals surface area contributed by atoms with Crippen LogP contribution in [0.2, 0.25) is 0 Å². The van der Waals surface area contributed by atoms with Crippen molar-refractivity contribution >= 4 is 26.0 Å². The van der Waals surface area contributed by atoms with Gasteiger partial charge in [-0.25, -0.2) is 13.1 Å². The summed E-state index contributed by atoms with van der Waals surface area (Å²) >= 11 is 3.43. The Balaban J connectivity index is 1.90. The van der Waals surface area contributed by atoms with Crippen LogP contribution >= 0.6 is 15.9 Å². The molecule has 0 heterocycles. The normalized spacial score (nSPS) is 11.3. The summed E-state index contributed by atoms with van der Waals surface area (Å²) in [5, 5.41) is 0. The standard InChI is InChI=1S/C19H24BrNO4S/c1-3-4-13-25-16-6-8-17(9-7-16)26(22,23)21-12-11-15-5-10-19(24-2)18(20)14-15/h5-10,14,21H,3-4,11-13H2,1-2H3. The molecule has 0 aliphatic carbocycles. The second-order valence-corrected chi connectivity index (χ2v) is 8.41. The summed E-state index contributed by atoms with van der Waals surface area (Å²) in [6, 6.07) is 12.2. The Morgan fingerprint density at radius 2 is 1.85 bits per heavy atom. The first-order valence-corrected chi connectivity index (χ1v) is 10.8. The van der Waals surface area contributed by atoms with E-state index in [0.717, 1.165) is 28.6 Å². The third-order valence-electron chi connectivity index (χ3n) is 3.82. The minimum Gasteiger partial charge on any atom is -0.496 e. The van der Waals surface area contributed by atoms with Gasteiger partial charge in [0.05, 0.1) is 23.1 Å². The first kappa shape index (κ1) is 20.7. The molecule has 142 valence electrons. The highest BCUT2D eigenvalue weighted by Gasteiger charge is 2.13. The summed E-state index contributed by atoms with van der Waals surface area (Å²) < 4.78 is 39.0. The van der Waals surface area contributed by atoms with Crippen molar-refractivity contribution < 1.29 is 17.9 Å². The molecule has 7 heteroatoms. The summed E-state index contributed by atoms with van der Waals surface area (Å²) in [4.78, 5) is 0.233. The number of halogens is 1. The van der Waals surface area contributed by atoms with Gasteiger partial charge in [0.25, 0.3) is 0 Å². The molecule has 0 unspecified atom stereocenters. The number of hydrogen-bond acceptors (Lipinski definition) is 4. The smallest absolute Gasteiger partial charge is 0.240 e. The van der Waals surface area contributed by atoms with Crippen LogP contribution in [0.25, 0.3) is 0 Å². The molecule has 0 aliphatic heterocycles. The van der Waals surface area contributed by atoms with Crippen molar-refractivity contribution in [1.29, 1.82) is 0 Å². The second-order valence-electron chi connectivity index (χ2n) is 5.79. The Labute approximate surface area is 163 Å². The van der Waals surface area contributed by atoms with E-state index in [-0.39, 0.29) is 4.90 Å². The van der Waals surface area contributed by atoms with E-state index in [4.69, 9.17) is 9.47 Å². The predicted octanol–water partition coefficient (Wildman–Crippen LogP) is 4.16. The fourth-order valence-electron chi connectivity index (χ4n) is 2.33.